The van der Waals surface area contributed by atoms with E-state index in [2.05, 4.69) is 5.32 Å². The van der Waals surface area contributed by atoms with Gasteiger partial charge in [0.25, 0.3) is 17.6 Å². The Morgan fingerprint density at radius 1 is 0.932 bits per heavy atom. The summed E-state index contributed by atoms with van der Waals surface area (Å²) in [6.45, 7) is 2.85. The molecule has 0 saturated heterocycles. The van der Waals surface area contributed by atoms with Gasteiger partial charge in [-0.1, -0.05) is 74.5 Å². The first-order valence-electron chi connectivity index (χ1n) is 13.7. The zero-order valence-corrected chi connectivity index (χ0v) is 26.5. The second kappa shape index (κ2) is 14.6. The van der Waals surface area contributed by atoms with Crippen molar-refractivity contribution >= 4 is 29.2 Å². The number of pyridine rings is 1. The minimum Gasteiger partial charge on any atom is -1.00 e. The average Bonchev–Trinajstić information content (AvgIpc) is 2.97. The van der Waals surface area contributed by atoms with E-state index >= 15 is 0 Å². The average molecular weight is 721 g/mol. The molecule has 2 unspecified atom stereocenters. The molecule has 0 aliphatic carbocycles. The van der Waals surface area contributed by atoms with Crippen LogP contribution in [-0.2, 0) is 27.9 Å². The third-order valence-corrected chi connectivity index (χ3v) is 7.05. The van der Waals surface area contributed by atoms with E-state index in [-0.39, 0.29) is 42.0 Å². The molecule has 0 radical (unpaired) electrons. The van der Waals surface area contributed by atoms with Gasteiger partial charge in [-0.3, -0.25) is 24.1 Å². The molecule has 1 aliphatic heterocycles. The normalized spacial score (nSPS) is 15.8. The van der Waals surface area contributed by atoms with Crippen molar-refractivity contribution in [2.75, 3.05) is 6.54 Å². The molecular weight excluding hydrogens is 688 g/mol. The summed E-state index contributed by atoms with van der Waals surface area (Å²) < 4.78 is 42.2. The lowest BCUT2D eigenvalue weighted by Crippen LogP contribution is -3.00. The number of amides is 3. The van der Waals surface area contributed by atoms with E-state index in [1.54, 1.807) is 111 Å². The molecule has 4 rings (SSSR count). The van der Waals surface area contributed by atoms with Crippen LogP contribution < -0.4 is 33.9 Å². The number of alkyl halides is 3. The highest BCUT2D eigenvalue weighted by molar-refractivity contribution is 6.04. The Kier molecular flexibility index (Phi) is 11.4. The zero-order chi connectivity index (χ0) is 31.3. The molecule has 44 heavy (non-hydrogen) atoms. The number of aryl methyl sites for hydroxylation is 1. The van der Waals surface area contributed by atoms with Crippen LogP contribution in [0.15, 0.2) is 91.4 Å². The Morgan fingerprint density at radius 2 is 1.50 bits per heavy atom. The molecular formula is C32H32F3IN4O4. The Morgan fingerprint density at radius 3 is 2.05 bits per heavy atom. The maximum absolute atomic E-state index is 14.0. The summed E-state index contributed by atoms with van der Waals surface area (Å²) in [5, 5.41) is 2.21. The van der Waals surface area contributed by atoms with Crippen molar-refractivity contribution in [3.05, 3.63) is 108 Å². The summed E-state index contributed by atoms with van der Waals surface area (Å²) in [7, 11) is 1.80. The lowest BCUT2D eigenvalue weighted by molar-refractivity contribution is -0.671. The maximum atomic E-state index is 14.0. The van der Waals surface area contributed by atoms with Gasteiger partial charge in [-0.15, -0.1) is 0 Å². The molecule has 2 atom stereocenters. The van der Waals surface area contributed by atoms with Crippen molar-refractivity contribution in [3.8, 4) is 0 Å². The van der Waals surface area contributed by atoms with Gasteiger partial charge in [0.2, 0.25) is 5.91 Å². The molecule has 0 bridgehead atoms. The van der Waals surface area contributed by atoms with E-state index < -0.39 is 48.3 Å². The second-order valence-electron chi connectivity index (χ2n) is 10.6. The molecule has 8 nitrogen and oxygen atoms in total. The Balaban J connectivity index is 0.00000529. The SMILES string of the molecule is CC(C)C1C(=O)N(CC(=O)NC(Cc2ccccc2)C(=O)C(F)(F)F)C(c2ccccc2)=CN1C(=O)c1cc[n+](C)cc1.[I-]. The minimum atomic E-state index is -5.18. The molecule has 0 fully saturated rings. The molecule has 2 aromatic carbocycles. The summed E-state index contributed by atoms with van der Waals surface area (Å²) in [6, 6.07) is 17.0. The fourth-order valence-corrected chi connectivity index (χ4v) is 4.91. The van der Waals surface area contributed by atoms with E-state index in [4.69, 9.17) is 0 Å². The molecule has 2 heterocycles. The number of nitrogens with zero attached hydrogens (tertiary/aromatic N) is 3. The highest BCUT2D eigenvalue weighted by Gasteiger charge is 2.45. The summed E-state index contributed by atoms with van der Waals surface area (Å²) in [4.78, 5) is 55.7. The van der Waals surface area contributed by atoms with Crippen LogP contribution in [0.4, 0.5) is 13.2 Å². The quantitative estimate of drug-likeness (QED) is 0.261. The van der Waals surface area contributed by atoms with Crippen molar-refractivity contribution in [1.29, 1.82) is 0 Å². The van der Waals surface area contributed by atoms with Gasteiger partial charge in [0.05, 0.1) is 11.3 Å². The molecule has 3 aromatic rings. The Hall–Kier alpha value is -4.07. The number of rotatable bonds is 9. The number of benzene rings is 2. The summed E-state index contributed by atoms with van der Waals surface area (Å²) in [6.07, 6.45) is -0.662. The summed E-state index contributed by atoms with van der Waals surface area (Å²) in [5.41, 5.74) is 1.50. The van der Waals surface area contributed by atoms with Crippen LogP contribution in [0.1, 0.15) is 35.3 Å². The van der Waals surface area contributed by atoms with Gasteiger partial charge in [-0.05, 0) is 17.0 Å². The van der Waals surface area contributed by atoms with Crippen LogP contribution in [0, 0.1) is 5.92 Å². The first-order valence-corrected chi connectivity index (χ1v) is 13.7. The number of carbonyl (C=O) groups is 4. The third-order valence-electron chi connectivity index (χ3n) is 7.05. The summed E-state index contributed by atoms with van der Waals surface area (Å²) >= 11 is 0. The molecule has 0 saturated carbocycles. The first kappa shape index (κ1) is 34.4. The fraction of sp³-hybridized carbons (Fsp3) is 0.281. The van der Waals surface area contributed by atoms with Crippen molar-refractivity contribution in [2.45, 2.75) is 38.5 Å². The molecule has 1 aliphatic rings. The number of halogens is 4. The fourth-order valence-electron chi connectivity index (χ4n) is 4.91. The molecule has 232 valence electrons. The molecule has 1 N–H and O–H groups in total. The number of ketones is 1. The van der Waals surface area contributed by atoms with E-state index in [1.165, 1.54) is 11.1 Å². The Bertz CT molecular complexity index is 1510. The predicted octanol–water partition coefficient (Wildman–Crippen LogP) is 0.682. The lowest BCUT2D eigenvalue weighted by atomic mass is 9.96. The summed E-state index contributed by atoms with van der Waals surface area (Å²) in [5.74, 6) is -4.44. The molecule has 1 aromatic heterocycles. The van der Waals surface area contributed by atoms with Crippen molar-refractivity contribution < 1.29 is 60.9 Å². The topological polar surface area (TPSA) is 90.7 Å². The zero-order valence-electron chi connectivity index (χ0n) is 24.3. The van der Waals surface area contributed by atoms with Crippen molar-refractivity contribution in [2.24, 2.45) is 13.0 Å². The van der Waals surface area contributed by atoms with Gasteiger partial charge in [-0.2, -0.15) is 13.2 Å². The van der Waals surface area contributed by atoms with Crippen molar-refractivity contribution in [1.82, 2.24) is 15.1 Å². The highest BCUT2D eigenvalue weighted by atomic mass is 127. The standard InChI is InChI=1S/C32H31F3N4O4.HI/c1-21(2)28-31(43)38(20-27(40)36-25(29(41)32(33,34)35)18-22-10-6-4-7-11-22)26(23-12-8-5-9-13-23)19-39(28)30(42)24-14-16-37(3)17-15-24;/h4-17,19,21,25,28H,18,20H2,1-3H3;1H. The van der Waals surface area contributed by atoms with Crippen LogP contribution in [0.3, 0.4) is 0 Å². The number of nitrogens with one attached hydrogen (secondary N) is 1. The number of aromatic nitrogens is 1. The van der Waals surface area contributed by atoms with Gasteiger partial charge in [0, 0.05) is 24.8 Å². The second-order valence-corrected chi connectivity index (χ2v) is 10.6. The smallest absolute Gasteiger partial charge is 0.452 e. The number of hydrogen-bond donors (Lipinski definition) is 1. The van der Waals surface area contributed by atoms with Gasteiger partial charge in [-0.25, -0.2) is 4.57 Å². The number of hydrogen-bond acceptors (Lipinski definition) is 4. The van der Waals surface area contributed by atoms with Crippen LogP contribution in [-0.4, -0.2) is 58.1 Å². The minimum absolute atomic E-state index is 0. The number of carbonyl (C=O) groups excluding carboxylic acids is 4. The van der Waals surface area contributed by atoms with Gasteiger partial charge in [0.15, 0.2) is 12.4 Å². The third kappa shape index (κ3) is 8.10. The lowest BCUT2D eigenvalue weighted by Gasteiger charge is -2.41. The van der Waals surface area contributed by atoms with Crippen LogP contribution in [0.5, 0.6) is 0 Å². The first-order chi connectivity index (χ1) is 20.4. The molecule has 12 heteroatoms. The predicted molar refractivity (Wildman–Crippen MR) is 152 cm³/mol. The van der Waals surface area contributed by atoms with Gasteiger partial charge in [0.1, 0.15) is 25.7 Å². The monoisotopic (exact) mass is 720 g/mol. The largest absolute Gasteiger partial charge is 1.00 e. The highest BCUT2D eigenvalue weighted by Crippen LogP contribution is 2.31. The Labute approximate surface area is 270 Å². The molecule has 3 amide bonds. The van der Waals surface area contributed by atoms with Crippen LogP contribution in [0.2, 0.25) is 0 Å². The maximum Gasteiger partial charge on any atom is 0.452 e. The van der Waals surface area contributed by atoms with E-state index in [0.29, 0.717) is 16.7 Å². The van der Waals surface area contributed by atoms with E-state index in [0.717, 1.165) is 4.90 Å². The van der Waals surface area contributed by atoms with Crippen LogP contribution in [0.25, 0.3) is 5.70 Å². The van der Waals surface area contributed by atoms with Crippen molar-refractivity contribution in [3.63, 3.8) is 0 Å². The van der Waals surface area contributed by atoms with E-state index in [1.807, 2.05) is 0 Å². The van der Waals surface area contributed by atoms with Crippen LogP contribution >= 0.6 is 0 Å². The molecule has 0 spiro atoms. The van der Waals surface area contributed by atoms with Gasteiger partial charge < -0.3 is 34.2 Å². The van der Waals surface area contributed by atoms with Gasteiger partial charge >= 0.3 is 6.18 Å². The number of Topliss-reactive ketones (excluding diaryl/α,β-unsaturated/α-hetero) is 1. The van der Waals surface area contributed by atoms with E-state index in [9.17, 15) is 32.3 Å².